The summed E-state index contributed by atoms with van der Waals surface area (Å²) in [6.07, 6.45) is 3.04. The standard InChI is InChI=1S/C14H18N2OS/c15-11-8-10-4-1-2-5-12(10)16(9-11)14(17)13-6-3-7-18-13/h1-2,4-5,11,13H,3,6-9,15H2. The molecule has 0 spiro atoms. The first-order valence-electron chi connectivity index (χ1n) is 6.52. The van der Waals surface area contributed by atoms with Gasteiger partial charge in [-0.2, -0.15) is 0 Å². The molecule has 2 aliphatic rings. The van der Waals surface area contributed by atoms with Gasteiger partial charge in [-0.15, -0.1) is 11.8 Å². The molecule has 2 unspecified atom stereocenters. The third-order valence-electron chi connectivity index (χ3n) is 3.65. The number of anilines is 1. The smallest absolute Gasteiger partial charge is 0.240 e. The molecule has 2 aliphatic heterocycles. The van der Waals surface area contributed by atoms with Crippen LogP contribution in [0.1, 0.15) is 18.4 Å². The Labute approximate surface area is 112 Å². The second-order valence-electron chi connectivity index (χ2n) is 5.04. The average Bonchev–Trinajstić information content (AvgIpc) is 2.90. The van der Waals surface area contributed by atoms with Crippen LogP contribution in [0.2, 0.25) is 0 Å². The molecule has 1 aromatic rings. The minimum Gasteiger partial charge on any atom is -0.326 e. The summed E-state index contributed by atoms with van der Waals surface area (Å²) in [5, 5.41) is 0.142. The van der Waals surface area contributed by atoms with Crippen LogP contribution < -0.4 is 10.6 Å². The quantitative estimate of drug-likeness (QED) is 0.839. The average molecular weight is 262 g/mol. The topological polar surface area (TPSA) is 46.3 Å². The maximum Gasteiger partial charge on any atom is 0.240 e. The van der Waals surface area contributed by atoms with Crippen molar-refractivity contribution < 1.29 is 4.79 Å². The molecule has 1 fully saturated rings. The molecule has 1 saturated heterocycles. The highest BCUT2D eigenvalue weighted by Crippen LogP contribution is 2.32. The Morgan fingerprint density at radius 1 is 1.39 bits per heavy atom. The van der Waals surface area contributed by atoms with Crippen molar-refractivity contribution in [3.63, 3.8) is 0 Å². The summed E-state index contributed by atoms with van der Waals surface area (Å²) >= 11 is 1.79. The summed E-state index contributed by atoms with van der Waals surface area (Å²) in [6, 6.07) is 8.20. The van der Waals surface area contributed by atoms with E-state index in [1.807, 2.05) is 23.1 Å². The van der Waals surface area contributed by atoms with Gasteiger partial charge in [0, 0.05) is 18.3 Å². The van der Waals surface area contributed by atoms with Crippen LogP contribution in [0.15, 0.2) is 24.3 Å². The largest absolute Gasteiger partial charge is 0.326 e. The lowest BCUT2D eigenvalue weighted by Gasteiger charge is -2.34. The number of nitrogens with two attached hydrogens (primary N) is 1. The molecule has 3 nitrogen and oxygen atoms in total. The Morgan fingerprint density at radius 2 is 2.22 bits per heavy atom. The monoisotopic (exact) mass is 262 g/mol. The molecule has 96 valence electrons. The minimum atomic E-state index is 0.0650. The van der Waals surface area contributed by atoms with Crippen molar-refractivity contribution >= 4 is 23.4 Å². The van der Waals surface area contributed by atoms with Gasteiger partial charge in [-0.25, -0.2) is 0 Å². The third kappa shape index (κ3) is 2.15. The number of hydrogen-bond acceptors (Lipinski definition) is 3. The van der Waals surface area contributed by atoms with E-state index >= 15 is 0 Å². The van der Waals surface area contributed by atoms with Gasteiger partial charge in [0.05, 0.1) is 5.25 Å². The first kappa shape index (κ1) is 12.1. The molecule has 2 heterocycles. The number of carbonyl (C=O) groups is 1. The van der Waals surface area contributed by atoms with Crippen LogP contribution in [0, 0.1) is 0 Å². The molecule has 4 heteroatoms. The van der Waals surface area contributed by atoms with Gasteiger partial charge in [0.1, 0.15) is 0 Å². The normalized spacial score (nSPS) is 27.1. The highest BCUT2D eigenvalue weighted by atomic mass is 32.2. The Kier molecular flexibility index (Phi) is 3.31. The zero-order chi connectivity index (χ0) is 12.5. The SMILES string of the molecule is NC1Cc2ccccc2N(C(=O)C2CCCS2)C1. The number of amides is 1. The molecule has 0 bridgehead atoms. The molecule has 18 heavy (non-hydrogen) atoms. The van der Waals surface area contributed by atoms with Crippen molar-refractivity contribution in [2.24, 2.45) is 5.73 Å². The lowest BCUT2D eigenvalue weighted by atomic mass is 9.98. The molecule has 3 rings (SSSR count). The van der Waals surface area contributed by atoms with Gasteiger partial charge in [-0.1, -0.05) is 18.2 Å². The van der Waals surface area contributed by atoms with Gasteiger partial charge >= 0.3 is 0 Å². The highest BCUT2D eigenvalue weighted by molar-refractivity contribution is 8.00. The van der Waals surface area contributed by atoms with E-state index in [1.54, 1.807) is 11.8 Å². The number of para-hydroxylation sites is 1. The lowest BCUT2D eigenvalue weighted by Crippen LogP contribution is -2.48. The fourth-order valence-electron chi connectivity index (χ4n) is 2.78. The summed E-state index contributed by atoms with van der Waals surface area (Å²) in [7, 11) is 0. The Hall–Kier alpha value is -1.000. The van der Waals surface area contributed by atoms with Crippen LogP contribution in [-0.2, 0) is 11.2 Å². The molecule has 0 radical (unpaired) electrons. The predicted octanol–water partition coefficient (Wildman–Crippen LogP) is 1.80. The molecular formula is C14H18N2OS. The van der Waals surface area contributed by atoms with Crippen LogP contribution in [0.5, 0.6) is 0 Å². The second kappa shape index (κ2) is 4.94. The van der Waals surface area contributed by atoms with Crippen molar-refractivity contribution in [1.29, 1.82) is 0 Å². The van der Waals surface area contributed by atoms with Gasteiger partial charge in [0.15, 0.2) is 0 Å². The van der Waals surface area contributed by atoms with E-state index in [0.717, 1.165) is 30.7 Å². The summed E-state index contributed by atoms with van der Waals surface area (Å²) in [5.41, 5.74) is 8.34. The molecule has 0 aliphatic carbocycles. The molecule has 1 aromatic carbocycles. The van der Waals surface area contributed by atoms with E-state index in [9.17, 15) is 4.79 Å². The van der Waals surface area contributed by atoms with Crippen LogP contribution in [0.25, 0.3) is 0 Å². The van der Waals surface area contributed by atoms with Gasteiger partial charge in [-0.05, 0) is 36.6 Å². The summed E-state index contributed by atoms with van der Waals surface area (Å²) < 4.78 is 0. The first-order valence-corrected chi connectivity index (χ1v) is 7.57. The fourth-order valence-corrected chi connectivity index (χ4v) is 4.00. The number of hydrogen-bond donors (Lipinski definition) is 1. The van der Waals surface area contributed by atoms with E-state index in [1.165, 1.54) is 5.56 Å². The van der Waals surface area contributed by atoms with Crippen LogP contribution in [0.4, 0.5) is 5.69 Å². The van der Waals surface area contributed by atoms with Gasteiger partial charge in [0.25, 0.3) is 0 Å². The molecular weight excluding hydrogens is 244 g/mol. The van der Waals surface area contributed by atoms with Crippen LogP contribution in [-0.4, -0.2) is 29.5 Å². The molecule has 0 aromatic heterocycles. The van der Waals surface area contributed by atoms with Crippen LogP contribution in [0.3, 0.4) is 0 Å². The van der Waals surface area contributed by atoms with Crippen LogP contribution >= 0.6 is 11.8 Å². The Morgan fingerprint density at radius 3 is 3.00 bits per heavy atom. The summed E-state index contributed by atoms with van der Waals surface area (Å²) in [4.78, 5) is 14.5. The van der Waals surface area contributed by atoms with Gasteiger partial charge in [0.2, 0.25) is 5.91 Å². The third-order valence-corrected chi connectivity index (χ3v) is 5.02. The lowest BCUT2D eigenvalue weighted by molar-refractivity contribution is -0.118. The summed E-state index contributed by atoms with van der Waals surface area (Å²) in [6.45, 7) is 0.660. The summed E-state index contributed by atoms with van der Waals surface area (Å²) in [5.74, 6) is 1.36. The Balaban J connectivity index is 1.89. The van der Waals surface area contributed by atoms with E-state index < -0.39 is 0 Å². The highest BCUT2D eigenvalue weighted by Gasteiger charge is 2.32. The van der Waals surface area contributed by atoms with E-state index in [0.29, 0.717) is 6.54 Å². The van der Waals surface area contributed by atoms with Crippen molar-refractivity contribution in [3.05, 3.63) is 29.8 Å². The number of fused-ring (bicyclic) bond motifs is 1. The number of rotatable bonds is 1. The maximum atomic E-state index is 12.6. The van der Waals surface area contributed by atoms with Crippen molar-refractivity contribution in [3.8, 4) is 0 Å². The van der Waals surface area contributed by atoms with Crippen molar-refractivity contribution in [2.45, 2.75) is 30.6 Å². The van der Waals surface area contributed by atoms with E-state index in [-0.39, 0.29) is 17.2 Å². The number of carbonyl (C=O) groups excluding carboxylic acids is 1. The zero-order valence-corrected chi connectivity index (χ0v) is 11.2. The van der Waals surface area contributed by atoms with E-state index in [4.69, 9.17) is 5.73 Å². The number of benzene rings is 1. The number of nitrogens with zero attached hydrogens (tertiary/aromatic N) is 1. The zero-order valence-electron chi connectivity index (χ0n) is 10.3. The number of thioether (sulfide) groups is 1. The molecule has 1 amide bonds. The fraction of sp³-hybridized carbons (Fsp3) is 0.500. The minimum absolute atomic E-state index is 0.0650. The molecule has 0 saturated carbocycles. The Bertz CT molecular complexity index is 457. The predicted molar refractivity (Wildman–Crippen MR) is 76.0 cm³/mol. The maximum absolute atomic E-state index is 12.6. The molecule has 2 atom stereocenters. The van der Waals surface area contributed by atoms with E-state index in [2.05, 4.69) is 6.07 Å². The second-order valence-corrected chi connectivity index (χ2v) is 6.35. The van der Waals surface area contributed by atoms with Crippen molar-refractivity contribution in [1.82, 2.24) is 0 Å². The van der Waals surface area contributed by atoms with Crippen molar-refractivity contribution in [2.75, 3.05) is 17.2 Å². The van der Waals surface area contributed by atoms with Gasteiger partial charge < -0.3 is 10.6 Å². The first-order chi connectivity index (χ1) is 8.75. The molecule has 2 N–H and O–H groups in total. The van der Waals surface area contributed by atoms with Gasteiger partial charge in [-0.3, -0.25) is 4.79 Å².